The molecule has 1 N–H and O–H groups in total. The molecule has 0 bridgehead atoms. The zero-order chi connectivity index (χ0) is 21.2. The van der Waals surface area contributed by atoms with Crippen LogP contribution in [0, 0.1) is 0 Å². The molecule has 1 atom stereocenters. The van der Waals surface area contributed by atoms with E-state index in [1.54, 1.807) is 30.1 Å². The fraction of sp³-hybridized carbons (Fsp3) is 0.350. The summed E-state index contributed by atoms with van der Waals surface area (Å²) in [7, 11) is 1.68. The van der Waals surface area contributed by atoms with Crippen molar-refractivity contribution in [3.8, 4) is 0 Å². The predicted octanol–water partition coefficient (Wildman–Crippen LogP) is 4.45. The fourth-order valence-corrected chi connectivity index (χ4v) is 3.96. The van der Waals surface area contributed by atoms with Gasteiger partial charge in [0.25, 0.3) is 0 Å². The van der Waals surface area contributed by atoms with Crippen molar-refractivity contribution in [3.05, 3.63) is 63.6 Å². The highest BCUT2D eigenvalue weighted by atomic mass is 35.5. The van der Waals surface area contributed by atoms with Crippen molar-refractivity contribution < 1.29 is 18.0 Å². The van der Waals surface area contributed by atoms with Crippen LogP contribution in [0.1, 0.15) is 11.1 Å². The normalized spacial score (nSPS) is 17.3. The summed E-state index contributed by atoms with van der Waals surface area (Å²) in [6.45, 7) is 1.87. The Balaban J connectivity index is 1.76. The van der Waals surface area contributed by atoms with Gasteiger partial charge in [-0.25, -0.2) is 0 Å². The SMILES string of the molecule is CN(Cc1cc(Cl)cc(Cl)c1)C(=O)C1CNCCN1c1ccc(C(F)(F)F)cc1. The molecule has 1 heterocycles. The monoisotopic (exact) mass is 445 g/mol. The lowest BCUT2D eigenvalue weighted by atomic mass is 10.1. The van der Waals surface area contributed by atoms with E-state index in [9.17, 15) is 18.0 Å². The minimum absolute atomic E-state index is 0.145. The summed E-state index contributed by atoms with van der Waals surface area (Å²) in [5.41, 5.74) is 0.662. The van der Waals surface area contributed by atoms with Gasteiger partial charge in [0.05, 0.1) is 5.56 Å². The van der Waals surface area contributed by atoms with Gasteiger partial charge in [-0.1, -0.05) is 23.2 Å². The summed E-state index contributed by atoms with van der Waals surface area (Å²) < 4.78 is 38.5. The topological polar surface area (TPSA) is 35.6 Å². The molecule has 0 radical (unpaired) electrons. The number of benzene rings is 2. The van der Waals surface area contributed by atoms with Gasteiger partial charge in [-0.15, -0.1) is 0 Å². The molecule has 1 saturated heterocycles. The number of piperazine rings is 1. The van der Waals surface area contributed by atoms with Crippen LogP contribution in [0.15, 0.2) is 42.5 Å². The Morgan fingerprint density at radius 1 is 1.17 bits per heavy atom. The minimum atomic E-state index is -4.39. The molecule has 0 saturated carbocycles. The molecular formula is C20H20Cl2F3N3O. The molecule has 9 heteroatoms. The van der Waals surface area contributed by atoms with Crippen LogP contribution in [0.25, 0.3) is 0 Å². The van der Waals surface area contributed by atoms with Crippen molar-refractivity contribution in [1.29, 1.82) is 0 Å². The molecule has 0 aromatic heterocycles. The van der Waals surface area contributed by atoms with E-state index in [-0.39, 0.29) is 5.91 Å². The van der Waals surface area contributed by atoms with E-state index in [4.69, 9.17) is 23.2 Å². The molecule has 3 rings (SSSR count). The van der Waals surface area contributed by atoms with Crippen LogP contribution in [-0.2, 0) is 17.5 Å². The Morgan fingerprint density at radius 3 is 2.38 bits per heavy atom. The van der Waals surface area contributed by atoms with Gasteiger partial charge in [-0.3, -0.25) is 4.79 Å². The first-order valence-corrected chi connectivity index (χ1v) is 9.75. The van der Waals surface area contributed by atoms with Crippen LogP contribution < -0.4 is 10.2 Å². The number of carbonyl (C=O) groups excluding carboxylic acids is 1. The lowest BCUT2D eigenvalue weighted by molar-refractivity contribution is -0.137. The van der Waals surface area contributed by atoms with Crippen molar-refractivity contribution in [2.45, 2.75) is 18.8 Å². The molecule has 1 fully saturated rings. The molecule has 2 aromatic rings. The molecule has 29 heavy (non-hydrogen) atoms. The average molecular weight is 446 g/mol. The van der Waals surface area contributed by atoms with Gasteiger partial charge in [0.2, 0.25) is 5.91 Å². The number of likely N-dealkylation sites (N-methyl/N-ethyl adjacent to an activating group) is 1. The number of carbonyl (C=O) groups is 1. The van der Waals surface area contributed by atoms with Gasteiger partial charge < -0.3 is 15.1 Å². The Hall–Kier alpha value is -1.96. The van der Waals surface area contributed by atoms with E-state index in [0.29, 0.717) is 41.9 Å². The fourth-order valence-electron chi connectivity index (χ4n) is 3.38. The Bertz CT molecular complexity index is 854. The van der Waals surface area contributed by atoms with E-state index in [1.165, 1.54) is 12.1 Å². The molecule has 1 unspecified atom stereocenters. The van der Waals surface area contributed by atoms with Crippen LogP contribution in [0.5, 0.6) is 0 Å². The van der Waals surface area contributed by atoms with Crippen LogP contribution in [0.2, 0.25) is 10.0 Å². The third kappa shape index (κ3) is 5.35. The highest BCUT2D eigenvalue weighted by Crippen LogP contribution is 2.31. The average Bonchev–Trinajstić information content (AvgIpc) is 2.66. The number of alkyl halides is 3. The van der Waals surface area contributed by atoms with Gasteiger partial charge in [0.1, 0.15) is 6.04 Å². The highest BCUT2D eigenvalue weighted by Gasteiger charge is 2.33. The van der Waals surface area contributed by atoms with Gasteiger partial charge >= 0.3 is 6.18 Å². The van der Waals surface area contributed by atoms with E-state index in [2.05, 4.69) is 5.32 Å². The summed E-state index contributed by atoms with van der Waals surface area (Å²) in [6.07, 6.45) is -4.39. The lowest BCUT2D eigenvalue weighted by Crippen LogP contribution is -2.58. The molecule has 4 nitrogen and oxygen atoms in total. The largest absolute Gasteiger partial charge is 0.416 e. The van der Waals surface area contributed by atoms with Crippen LogP contribution in [0.3, 0.4) is 0 Å². The summed E-state index contributed by atoms with van der Waals surface area (Å²) in [6, 6.07) is 9.46. The van der Waals surface area contributed by atoms with Crippen molar-refractivity contribution in [1.82, 2.24) is 10.2 Å². The number of rotatable bonds is 4. The molecule has 0 aliphatic carbocycles. The van der Waals surface area contributed by atoms with Crippen molar-refractivity contribution >= 4 is 34.8 Å². The van der Waals surface area contributed by atoms with Gasteiger partial charge in [0.15, 0.2) is 0 Å². The van der Waals surface area contributed by atoms with E-state index >= 15 is 0 Å². The third-order valence-electron chi connectivity index (χ3n) is 4.77. The smallest absolute Gasteiger partial charge is 0.357 e. The van der Waals surface area contributed by atoms with Crippen LogP contribution in [-0.4, -0.2) is 43.5 Å². The van der Waals surface area contributed by atoms with Gasteiger partial charge in [-0.05, 0) is 48.0 Å². The Morgan fingerprint density at radius 2 is 1.79 bits per heavy atom. The van der Waals surface area contributed by atoms with Crippen molar-refractivity contribution in [2.75, 3.05) is 31.6 Å². The molecule has 1 amide bonds. The quantitative estimate of drug-likeness (QED) is 0.754. The van der Waals surface area contributed by atoms with Crippen molar-refractivity contribution in [2.24, 2.45) is 0 Å². The van der Waals surface area contributed by atoms with Crippen LogP contribution >= 0.6 is 23.2 Å². The third-order valence-corrected chi connectivity index (χ3v) is 5.21. The molecule has 0 spiro atoms. The van der Waals surface area contributed by atoms with E-state index in [1.807, 2.05) is 4.90 Å². The van der Waals surface area contributed by atoms with E-state index < -0.39 is 17.8 Å². The molecule has 1 aliphatic heterocycles. The summed E-state index contributed by atoms with van der Waals surface area (Å²) in [5, 5.41) is 4.15. The second-order valence-corrected chi connectivity index (χ2v) is 7.80. The maximum Gasteiger partial charge on any atom is 0.416 e. The summed E-state index contributed by atoms with van der Waals surface area (Å²) >= 11 is 12.0. The first-order chi connectivity index (χ1) is 13.6. The first kappa shape index (κ1) is 21.7. The van der Waals surface area contributed by atoms with Crippen LogP contribution in [0.4, 0.5) is 18.9 Å². The number of hydrogen-bond acceptors (Lipinski definition) is 3. The number of nitrogens with one attached hydrogen (secondary N) is 1. The number of halogens is 5. The zero-order valence-electron chi connectivity index (χ0n) is 15.6. The maximum atomic E-state index is 13.1. The number of amides is 1. The number of hydrogen-bond donors (Lipinski definition) is 1. The van der Waals surface area contributed by atoms with Gasteiger partial charge in [-0.2, -0.15) is 13.2 Å². The Labute approximate surface area is 177 Å². The van der Waals surface area contributed by atoms with Crippen molar-refractivity contribution in [3.63, 3.8) is 0 Å². The highest BCUT2D eigenvalue weighted by molar-refractivity contribution is 6.34. The summed E-state index contributed by atoms with van der Waals surface area (Å²) in [5.74, 6) is -0.145. The molecule has 2 aromatic carbocycles. The number of anilines is 1. The second kappa shape index (κ2) is 8.81. The minimum Gasteiger partial charge on any atom is -0.357 e. The second-order valence-electron chi connectivity index (χ2n) is 6.93. The Kier molecular flexibility index (Phi) is 6.61. The van der Waals surface area contributed by atoms with E-state index in [0.717, 1.165) is 17.7 Å². The lowest BCUT2D eigenvalue weighted by Gasteiger charge is -2.38. The molecular weight excluding hydrogens is 426 g/mol. The van der Waals surface area contributed by atoms with Gasteiger partial charge in [0, 0.05) is 49.0 Å². The standard InChI is InChI=1S/C20H20Cl2F3N3O/c1-27(12-13-8-15(21)10-16(22)9-13)19(29)18-11-26-6-7-28(18)17-4-2-14(3-5-17)20(23,24)25/h2-5,8-10,18,26H,6-7,11-12H2,1H3. The zero-order valence-corrected chi connectivity index (χ0v) is 17.2. The molecule has 1 aliphatic rings. The maximum absolute atomic E-state index is 13.1. The predicted molar refractivity (Wildman–Crippen MR) is 108 cm³/mol. The number of nitrogens with zero attached hydrogens (tertiary/aromatic N) is 2. The first-order valence-electron chi connectivity index (χ1n) is 9.00. The molecule has 156 valence electrons. The summed E-state index contributed by atoms with van der Waals surface area (Å²) in [4.78, 5) is 16.5.